The SMILES string of the molecule is C#CCNC(=O)C(N)CC=C.O=C(O)C(F)(F)F. The van der Waals surface area contributed by atoms with Crippen LogP contribution in [0.1, 0.15) is 6.42 Å². The van der Waals surface area contributed by atoms with E-state index >= 15 is 0 Å². The van der Waals surface area contributed by atoms with Crippen molar-refractivity contribution in [2.75, 3.05) is 6.54 Å². The molecule has 0 saturated heterocycles. The van der Waals surface area contributed by atoms with Gasteiger partial charge in [-0.1, -0.05) is 12.0 Å². The molecule has 4 N–H and O–H groups in total. The average molecular weight is 266 g/mol. The van der Waals surface area contributed by atoms with Crippen molar-refractivity contribution in [3.05, 3.63) is 12.7 Å². The molecule has 1 atom stereocenters. The molecule has 0 aromatic heterocycles. The van der Waals surface area contributed by atoms with Gasteiger partial charge >= 0.3 is 12.1 Å². The summed E-state index contributed by atoms with van der Waals surface area (Å²) in [5.41, 5.74) is 5.42. The third kappa shape index (κ3) is 10.5. The lowest BCUT2D eigenvalue weighted by molar-refractivity contribution is -0.192. The minimum Gasteiger partial charge on any atom is -0.475 e. The van der Waals surface area contributed by atoms with Crippen molar-refractivity contribution >= 4 is 11.9 Å². The highest BCUT2D eigenvalue weighted by atomic mass is 19.4. The smallest absolute Gasteiger partial charge is 0.475 e. The molecule has 1 unspecified atom stereocenters. The summed E-state index contributed by atoms with van der Waals surface area (Å²) in [6.45, 7) is 3.69. The minimum atomic E-state index is -5.08. The van der Waals surface area contributed by atoms with Gasteiger partial charge < -0.3 is 16.2 Å². The number of carboxylic acid groups (broad SMARTS) is 1. The van der Waals surface area contributed by atoms with Crippen molar-refractivity contribution in [1.29, 1.82) is 0 Å². The first kappa shape index (κ1) is 18.4. The van der Waals surface area contributed by atoms with Gasteiger partial charge in [0.2, 0.25) is 5.91 Å². The summed E-state index contributed by atoms with van der Waals surface area (Å²) >= 11 is 0. The number of carbonyl (C=O) groups is 2. The highest BCUT2D eigenvalue weighted by Gasteiger charge is 2.38. The number of terminal acetylenes is 1. The molecule has 0 aliphatic rings. The first-order chi connectivity index (χ1) is 8.16. The maximum absolute atomic E-state index is 10.9. The number of hydrogen-bond donors (Lipinski definition) is 3. The Hall–Kier alpha value is -2.01. The molecule has 0 bridgehead atoms. The molecule has 0 heterocycles. The molecule has 0 radical (unpaired) electrons. The number of hydrogen-bond acceptors (Lipinski definition) is 3. The monoisotopic (exact) mass is 266 g/mol. The van der Waals surface area contributed by atoms with Crippen LogP contribution in [0.4, 0.5) is 13.2 Å². The van der Waals surface area contributed by atoms with E-state index in [-0.39, 0.29) is 12.5 Å². The first-order valence-corrected chi connectivity index (χ1v) is 4.54. The molecule has 5 nitrogen and oxygen atoms in total. The molecule has 0 aliphatic carbocycles. The van der Waals surface area contributed by atoms with Crippen molar-refractivity contribution in [1.82, 2.24) is 5.32 Å². The summed E-state index contributed by atoms with van der Waals surface area (Å²) in [6.07, 6.45) is 1.91. The molecule has 102 valence electrons. The predicted molar refractivity (Wildman–Crippen MR) is 58.3 cm³/mol. The summed E-state index contributed by atoms with van der Waals surface area (Å²) in [6, 6.07) is -0.527. The van der Waals surface area contributed by atoms with Crippen LogP contribution in [0.25, 0.3) is 0 Å². The Morgan fingerprint density at radius 1 is 1.56 bits per heavy atom. The van der Waals surface area contributed by atoms with Crippen LogP contribution >= 0.6 is 0 Å². The van der Waals surface area contributed by atoms with Crippen LogP contribution in [-0.4, -0.2) is 35.7 Å². The Morgan fingerprint density at radius 2 is 2.00 bits per heavy atom. The lowest BCUT2D eigenvalue weighted by Crippen LogP contribution is -2.40. The van der Waals surface area contributed by atoms with E-state index < -0.39 is 18.2 Å². The number of carbonyl (C=O) groups excluding carboxylic acids is 1. The molecular weight excluding hydrogens is 253 g/mol. The number of nitrogens with two attached hydrogens (primary N) is 1. The fraction of sp³-hybridized carbons (Fsp3) is 0.400. The van der Waals surface area contributed by atoms with Crippen LogP contribution in [0.3, 0.4) is 0 Å². The van der Waals surface area contributed by atoms with Gasteiger partial charge in [0.25, 0.3) is 0 Å². The van der Waals surface area contributed by atoms with E-state index in [1.807, 2.05) is 0 Å². The highest BCUT2D eigenvalue weighted by molar-refractivity contribution is 5.81. The molecular formula is C10H13F3N2O3. The fourth-order valence-electron chi connectivity index (χ4n) is 0.556. The largest absolute Gasteiger partial charge is 0.490 e. The number of aliphatic carboxylic acids is 1. The van der Waals surface area contributed by atoms with Crippen molar-refractivity contribution in [3.63, 3.8) is 0 Å². The number of carboxylic acids is 1. The van der Waals surface area contributed by atoms with E-state index in [4.69, 9.17) is 22.1 Å². The van der Waals surface area contributed by atoms with Crippen LogP contribution in [0.5, 0.6) is 0 Å². The van der Waals surface area contributed by atoms with E-state index in [0.29, 0.717) is 6.42 Å². The second-order valence-electron chi connectivity index (χ2n) is 2.86. The zero-order valence-electron chi connectivity index (χ0n) is 9.33. The van der Waals surface area contributed by atoms with Gasteiger partial charge in [-0.05, 0) is 6.42 Å². The molecule has 0 spiro atoms. The van der Waals surface area contributed by atoms with Gasteiger partial charge in [-0.15, -0.1) is 13.0 Å². The van der Waals surface area contributed by atoms with Gasteiger partial charge in [0.1, 0.15) is 0 Å². The molecule has 0 saturated carbocycles. The Kier molecular flexibility index (Phi) is 9.25. The van der Waals surface area contributed by atoms with Crippen molar-refractivity contribution < 1.29 is 27.9 Å². The number of nitrogens with one attached hydrogen (secondary N) is 1. The van der Waals surface area contributed by atoms with Crippen LogP contribution in [0.15, 0.2) is 12.7 Å². The third-order valence-corrected chi connectivity index (χ3v) is 1.36. The lowest BCUT2D eigenvalue weighted by atomic mass is 10.2. The van der Waals surface area contributed by atoms with Crippen LogP contribution in [0.2, 0.25) is 0 Å². The van der Waals surface area contributed by atoms with Crippen LogP contribution < -0.4 is 11.1 Å². The van der Waals surface area contributed by atoms with Crippen LogP contribution in [-0.2, 0) is 9.59 Å². The Labute approximate surface area is 102 Å². The standard InChI is InChI=1S/C8H12N2O.C2HF3O2/c1-3-5-7(9)8(11)10-6-4-2;3-2(4,5)1(6)7/h2-3,7H,1,5-6,9H2,(H,10,11);(H,6,7). The maximum atomic E-state index is 10.9. The Balaban J connectivity index is 0. The van der Waals surface area contributed by atoms with Crippen LogP contribution in [0, 0.1) is 12.3 Å². The highest BCUT2D eigenvalue weighted by Crippen LogP contribution is 2.13. The van der Waals surface area contributed by atoms with E-state index in [0.717, 1.165) is 0 Å². The van der Waals surface area contributed by atoms with E-state index in [1.165, 1.54) is 0 Å². The molecule has 0 rings (SSSR count). The van der Waals surface area contributed by atoms with E-state index in [1.54, 1.807) is 6.08 Å². The van der Waals surface area contributed by atoms with Gasteiger partial charge in [0, 0.05) is 0 Å². The quantitative estimate of drug-likeness (QED) is 0.503. The number of halogens is 3. The minimum absolute atomic E-state index is 0.226. The molecule has 0 fully saturated rings. The normalized spacial score (nSPS) is 11.3. The molecule has 0 aromatic rings. The second kappa shape index (κ2) is 9.07. The summed E-state index contributed by atoms with van der Waals surface area (Å²) < 4.78 is 31.7. The number of amides is 1. The van der Waals surface area contributed by atoms with Gasteiger partial charge in [-0.2, -0.15) is 13.2 Å². The average Bonchev–Trinajstić information content (AvgIpc) is 2.25. The van der Waals surface area contributed by atoms with Crippen molar-refractivity contribution in [2.45, 2.75) is 18.6 Å². The van der Waals surface area contributed by atoms with E-state index in [2.05, 4.69) is 17.8 Å². The molecule has 8 heteroatoms. The van der Waals surface area contributed by atoms with Crippen molar-refractivity contribution in [3.8, 4) is 12.3 Å². The van der Waals surface area contributed by atoms with Gasteiger partial charge in [0.15, 0.2) is 0 Å². The van der Waals surface area contributed by atoms with E-state index in [9.17, 15) is 18.0 Å². The Morgan fingerprint density at radius 3 is 2.28 bits per heavy atom. The lowest BCUT2D eigenvalue weighted by Gasteiger charge is -2.06. The third-order valence-electron chi connectivity index (χ3n) is 1.36. The fourth-order valence-corrected chi connectivity index (χ4v) is 0.556. The van der Waals surface area contributed by atoms with Gasteiger partial charge in [-0.25, -0.2) is 4.79 Å². The summed E-state index contributed by atoms with van der Waals surface area (Å²) in [7, 11) is 0. The zero-order valence-corrected chi connectivity index (χ0v) is 9.33. The van der Waals surface area contributed by atoms with Gasteiger partial charge in [-0.3, -0.25) is 4.79 Å². The number of rotatable bonds is 4. The molecule has 0 aromatic carbocycles. The molecule has 18 heavy (non-hydrogen) atoms. The summed E-state index contributed by atoms with van der Waals surface area (Å²) in [4.78, 5) is 19.8. The topological polar surface area (TPSA) is 92.4 Å². The summed E-state index contributed by atoms with van der Waals surface area (Å²) in [5.74, 6) is -0.708. The zero-order chi connectivity index (χ0) is 14.8. The number of alkyl halides is 3. The molecule has 0 aliphatic heterocycles. The Bertz CT molecular complexity index is 334. The second-order valence-corrected chi connectivity index (χ2v) is 2.86. The van der Waals surface area contributed by atoms with Gasteiger partial charge in [0.05, 0.1) is 12.6 Å². The van der Waals surface area contributed by atoms with Crippen molar-refractivity contribution in [2.24, 2.45) is 5.73 Å². The molecule has 1 amide bonds. The predicted octanol–water partition coefficient (Wildman–Crippen LogP) is 0.272. The first-order valence-electron chi connectivity index (χ1n) is 4.54. The maximum Gasteiger partial charge on any atom is 0.490 e. The summed E-state index contributed by atoms with van der Waals surface area (Å²) in [5, 5.41) is 9.59.